The quantitative estimate of drug-likeness (QED) is 0.405. The molecule has 0 aromatic heterocycles. The van der Waals surface area contributed by atoms with Gasteiger partial charge in [0.2, 0.25) is 0 Å². The summed E-state index contributed by atoms with van der Waals surface area (Å²) < 4.78 is 33.7. The van der Waals surface area contributed by atoms with Crippen molar-refractivity contribution in [1.29, 1.82) is 5.41 Å². The van der Waals surface area contributed by atoms with E-state index < -0.39 is 17.7 Å². The first-order chi connectivity index (χ1) is 13.9. The minimum Gasteiger partial charge on any atom is -0.478 e. The second kappa shape index (κ2) is 14.6. The number of aliphatic hydroxyl groups is 1. The largest absolute Gasteiger partial charge is 0.478 e. The van der Waals surface area contributed by atoms with Gasteiger partial charge in [0.15, 0.2) is 5.90 Å². The molecular weight excluding hydrogens is 380 g/mol. The van der Waals surface area contributed by atoms with Crippen LogP contribution in [0.3, 0.4) is 0 Å². The van der Waals surface area contributed by atoms with E-state index in [0.29, 0.717) is 25.1 Å². The molecule has 0 amide bonds. The summed E-state index contributed by atoms with van der Waals surface area (Å²) in [6.07, 6.45) is 1.48. The molecule has 0 radical (unpaired) electrons. The SMILES string of the molecule is C=O.CC.CC(C)C(=N)OCC(O)CNc1cc(F)c(C2=CCNCC2)c(F)c1. The summed E-state index contributed by atoms with van der Waals surface area (Å²) in [5.41, 5.74) is 0.938. The summed E-state index contributed by atoms with van der Waals surface area (Å²) in [5, 5.41) is 23.3. The number of halogens is 2. The summed E-state index contributed by atoms with van der Waals surface area (Å²) >= 11 is 0. The molecular formula is C21H33F2N3O3. The molecule has 4 N–H and O–H groups in total. The number of ether oxygens (including phenoxy) is 1. The van der Waals surface area contributed by atoms with Crippen LogP contribution in [-0.4, -0.2) is 50.1 Å². The van der Waals surface area contributed by atoms with Gasteiger partial charge in [-0.05, 0) is 30.7 Å². The summed E-state index contributed by atoms with van der Waals surface area (Å²) in [7, 11) is 0. The molecule has 6 nitrogen and oxygen atoms in total. The molecule has 1 aromatic carbocycles. The zero-order chi connectivity index (χ0) is 22.4. The molecule has 1 unspecified atom stereocenters. The maximum absolute atomic E-state index is 14.3. The molecule has 2 rings (SSSR count). The first-order valence-corrected chi connectivity index (χ1v) is 9.69. The van der Waals surface area contributed by atoms with E-state index >= 15 is 0 Å². The van der Waals surface area contributed by atoms with Crippen LogP contribution in [0.5, 0.6) is 0 Å². The number of nitrogens with one attached hydrogen (secondary N) is 3. The molecule has 1 aliphatic heterocycles. The van der Waals surface area contributed by atoms with E-state index in [1.54, 1.807) is 6.08 Å². The van der Waals surface area contributed by atoms with Gasteiger partial charge in [-0.25, -0.2) is 8.78 Å². The molecule has 1 aromatic rings. The standard InChI is InChI=1S/C18H25F2N3O2.C2H6.CH2O/c1-11(2)18(21)25-10-14(24)9-23-13-7-15(19)17(16(20)8-13)12-3-5-22-6-4-12;2*1-2/h3,7-8,11,14,21-24H,4-6,9-10H2,1-2H3;1-2H3;1H2. The highest BCUT2D eigenvalue weighted by Gasteiger charge is 2.17. The average molecular weight is 414 g/mol. The molecule has 1 aliphatic rings. The molecule has 164 valence electrons. The van der Waals surface area contributed by atoms with Gasteiger partial charge in [0.25, 0.3) is 0 Å². The van der Waals surface area contributed by atoms with Crippen molar-refractivity contribution in [2.45, 2.75) is 40.2 Å². The van der Waals surface area contributed by atoms with Crippen LogP contribution < -0.4 is 10.6 Å². The van der Waals surface area contributed by atoms with E-state index in [0.717, 1.165) is 0 Å². The fourth-order valence-corrected chi connectivity index (χ4v) is 2.48. The maximum atomic E-state index is 14.3. The van der Waals surface area contributed by atoms with Crippen molar-refractivity contribution in [3.63, 3.8) is 0 Å². The Morgan fingerprint density at radius 3 is 2.38 bits per heavy atom. The van der Waals surface area contributed by atoms with Crippen molar-refractivity contribution in [2.24, 2.45) is 5.92 Å². The van der Waals surface area contributed by atoms with Crippen LogP contribution in [0.15, 0.2) is 18.2 Å². The minimum atomic E-state index is -0.892. The Kier molecular flexibility index (Phi) is 13.5. The molecule has 1 atom stereocenters. The zero-order valence-electron chi connectivity index (χ0n) is 17.6. The molecule has 0 fully saturated rings. The fourth-order valence-electron chi connectivity index (χ4n) is 2.48. The minimum absolute atomic E-state index is 0.0151. The van der Waals surface area contributed by atoms with Gasteiger partial charge >= 0.3 is 0 Å². The number of anilines is 1. The van der Waals surface area contributed by atoms with Gasteiger partial charge in [0.05, 0.1) is 0 Å². The van der Waals surface area contributed by atoms with E-state index in [1.807, 2.05) is 34.5 Å². The third-order valence-corrected chi connectivity index (χ3v) is 3.92. The lowest BCUT2D eigenvalue weighted by atomic mass is 9.98. The van der Waals surface area contributed by atoms with Crippen molar-refractivity contribution in [3.05, 3.63) is 35.4 Å². The van der Waals surface area contributed by atoms with E-state index in [-0.39, 0.29) is 36.2 Å². The van der Waals surface area contributed by atoms with Crippen LogP contribution in [0.4, 0.5) is 14.5 Å². The molecule has 0 saturated carbocycles. The number of hydrogen-bond donors (Lipinski definition) is 4. The van der Waals surface area contributed by atoms with Gasteiger partial charge in [-0.15, -0.1) is 0 Å². The third kappa shape index (κ3) is 9.15. The highest BCUT2D eigenvalue weighted by Crippen LogP contribution is 2.28. The zero-order valence-corrected chi connectivity index (χ0v) is 17.6. The Labute approximate surface area is 171 Å². The first-order valence-electron chi connectivity index (χ1n) is 9.69. The molecule has 0 saturated heterocycles. The smallest absolute Gasteiger partial charge is 0.183 e. The van der Waals surface area contributed by atoms with E-state index in [1.165, 1.54) is 12.1 Å². The lowest BCUT2D eigenvalue weighted by Gasteiger charge is -2.18. The van der Waals surface area contributed by atoms with E-state index in [2.05, 4.69) is 10.6 Å². The molecule has 29 heavy (non-hydrogen) atoms. The first kappa shape index (κ1) is 26.7. The monoisotopic (exact) mass is 413 g/mol. The third-order valence-electron chi connectivity index (χ3n) is 3.92. The van der Waals surface area contributed by atoms with Gasteiger partial charge in [0.1, 0.15) is 31.1 Å². The van der Waals surface area contributed by atoms with Gasteiger partial charge in [-0.2, -0.15) is 0 Å². The van der Waals surface area contributed by atoms with Gasteiger partial charge < -0.3 is 25.3 Å². The van der Waals surface area contributed by atoms with Crippen LogP contribution in [0.2, 0.25) is 0 Å². The molecule has 0 bridgehead atoms. The predicted molar refractivity (Wildman–Crippen MR) is 113 cm³/mol. The van der Waals surface area contributed by atoms with E-state index in [9.17, 15) is 13.9 Å². The number of aliphatic hydroxyl groups excluding tert-OH is 1. The summed E-state index contributed by atoms with van der Waals surface area (Å²) in [6, 6.07) is 2.45. The van der Waals surface area contributed by atoms with Crippen molar-refractivity contribution in [2.75, 3.05) is 31.6 Å². The van der Waals surface area contributed by atoms with Crippen LogP contribution in [0, 0.1) is 23.0 Å². The number of carbonyl (C=O) groups excluding carboxylic acids is 1. The van der Waals surface area contributed by atoms with E-state index in [4.69, 9.17) is 14.9 Å². The Bertz CT molecular complexity index is 644. The van der Waals surface area contributed by atoms with Gasteiger partial charge in [-0.3, -0.25) is 5.41 Å². The van der Waals surface area contributed by atoms with Crippen molar-refractivity contribution in [3.8, 4) is 0 Å². The van der Waals surface area contributed by atoms with Crippen molar-refractivity contribution >= 4 is 23.9 Å². The topological polar surface area (TPSA) is 94.4 Å². The number of carbonyl (C=O) groups is 1. The maximum Gasteiger partial charge on any atom is 0.183 e. The summed E-state index contributed by atoms with van der Waals surface area (Å²) in [5.74, 6) is -1.21. The number of rotatable bonds is 7. The van der Waals surface area contributed by atoms with Crippen LogP contribution in [0.25, 0.3) is 5.57 Å². The molecule has 0 spiro atoms. The Morgan fingerprint density at radius 1 is 1.31 bits per heavy atom. The van der Waals surface area contributed by atoms with Crippen LogP contribution in [0.1, 0.15) is 39.7 Å². The second-order valence-electron chi connectivity index (χ2n) is 6.36. The molecule has 0 aliphatic carbocycles. The summed E-state index contributed by atoms with van der Waals surface area (Å²) in [4.78, 5) is 8.00. The van der Waals surface area contributed by atoms with Gasteiger partial charge in [-0.1, -0.05) is 33.8 Å². The number of benzene rings is 1. The Morgan fingerprint density at radius 2 is 1.90 bits per heavy atom. The second-order valence-corrected chi connectivity index (χ2v) is 6.36. The van der Waals surface area contributed by atoms with Crippen LogP contribution >= 0.6 is 0 Å². The number of hydrogen-bond acceptors (Lipinski definition) is 6. The lowest BCUT2D eigenvalue weighted by Crippen LogP contribution is -2.27. The Hall–Kier alpha value is -2.32. The lowest BCUT2D eigenvalue weighted by molar-refractivity contribution is -0.0980. The van der Waals surface area contributed by atoms with Crippen molar-refractivity contribution in [1.82, 2.24) is 5.32 Å². The highest BCUT2D eigenvalue weighted by molar-refractivity contribution is 5.74. The van der Waals surface area contributed by atoms with Crippen molar-refractivity contribution < 1.29 is 23.4 Å². The van der Waals surface area contributed by atoms with Gasteiger partial charge in [0, 0.05) is 30.3 Å². The predicted octanol–water partition coefficient (Wildman–Crippen LogP) is 3.61. The summed E-state index contributed by atoms with van der Waals surface area (Å²) in [6.45, 7) is 11.0. The normalized spacial score (nSPS) is 13.9. The average Bonchev–Trinajstić information content (AvgIpc) is 2.73. The molecule has 1 heterocycles. The Balaban J connectivity index is 0.00000184. The fraction of sp³-hybridized carbons (Fsp3) is 0.524. The van der Waals surface area contributed by atoms with Crippen LogP contribution in [-0.2, 0) is 9.53 Å². The highest BCUT2D eigenvalue weighted by atomic mass is 19.1. The molecule has 8 heteroatoms.